The number of anilines is 1. The summed E-state index contributed by atoms with van der Waals surface area (Å²) in [6, 6.07) is 10.0. The summed E-state index contributed by atoms with van der Waals surface area (Å²) in [5.41, 5.74) is 1.23. The number of ether oxygens (including phenoxy) is 2. The molecule has 0 bridgehead atoms. The molecule has 4 rings (SSSR count). The lowest BCUT2D eigenvalue weighted by Crippen LogP contribution is -2.44. The lowest BCUT2D eigenvalue weighted by Gasteiger charge is -2.36. The third kappa shape index (κ3) is 3.52. The lowest BCUT2D eigenvalue weighted by molar-refractivity contribution is -0.125. The maximum atomic E-state index is 13.2. The Morgan fingerprint density at radius 1 is 1.23 bits per heavy atom. The Bertz CT molecular complexity index is 732. The number of aromatic nitrogens is 2. The molecule has 1 aromatic carbocycles. The average molecular weight is 355 g/mol. The predicted octanol–water partition coefficient (Wildman–Crippen LogP) is 2.75. The highest BCUT2D eigenvalue weighted by Gasteiger charge is 2.41. The number of hydrogen-bond donors (Lipinski definition) is 1. The molecule has 3 heterocycles. The first kappa shape index (κ1) is 17.2. The van der Waals surface area contributed by atoms with E-state index in [1.54, 1.807) is 6.20 Å². The standard InChI is InChI=1S/C20H25N3O3/c24-19(20(8-11-25-12-9-20)16-5-2-1-3-6-16)22-17-13-21-23(14-17)15-18-7-4-10-26-18/h1-3,5-6,13-14,18H,4,7-12,15H2,(H,22,24). The number of rotatable bonds is 5. The van der Waals surface area contributed by atoms with E-state index in [4.69, 9.17) is 9.47 Å². The summed E-state index contributed by atoms with van der Waals surface area (Å²) in [7, 11) is 0. The van der Waals surface area contributed by atoms with Crippen LogP contribution >= 0.6 is 0 Å². The number of carbonyl (C=O) groups is 1. The van der Waals surface area contributed by atoms with Gasteiger partial charge in [0, 0.05) is 26.0 Å². The van der Waals surface area contributed by atoms with Crippen LogP contribution in [0.2, 0.25) is 0 Å². The van der Waals surface area contributed by atoms with Crippen LogP contribution in [0, 0.1) is 0 Å². The first-order valence-electron chi connectivity index (χ1n) is 9.35. The largest absolute Gasteiger partial charge is 0.381 e. The van der Waals surface area contributed by atoms with E-state index in [1.807, 2.05) is 41.2 Å². The minimum Gasteiger partial charge on any atom is -0.381 e. The van der Waals surface area contributed by atoms with Gasteiger partial charge in [0.1, 0.15) is 0 Å². The molecule has 2 aromatic rings. The lowest BCUT2D eigenvalue weighted by atomic mass is 9.73. The van der Waals surface area contributed by atoms with E-state index in [0.717, 1.165) is 37.2 Å². The van der Waals surface area contributed by atoms with Crippen molar-refractivity contribution in [1.29, 1.82) is 0 Å². The van der Waals surface area contributed by atoms with Crippen molar-refractivity contribution in [2.24, 2.45) is 0 Å². The molecule has 0 spiro atoms. The molecule has 2 saturated heterocycles. The minimum absolute atomic E-state index is 0.0173. The number of amides is 1. The molecule has 6 heteroatoms. The van der Waals surface area contributed by atoms with Crippen molar-refractivity contribution < 1.29 is 14.3 Å². The van der Waals surface area contributed by atoms with E-state index in [9.17, 15) is 4.79 Å². The molecule has 1 atom stereocenters. The SMILES string of the molecule is O=C(Nc1cnn(CC2CCCO2)c1)C1(c2ccccc2)CCOCC1. The monoisotopic (exact) mass is 355 g/mol. The quantitative estimate of drug-likeness (QED) is 0.896. The van der Waals surface area contributed by atoms with Gasteiger partial charge in [-0.1, -0.05) is 30.3 Å². The normalized spacial score (nSPS) is 22.2. The van der Waals surface area contributed by atoms with Gasteiger partial charge < -0.3 is 14.8 Å². The van der Waals surface area contributed by atoms with E-state index < -0.39 is 5.41 Å². The number of benzene rings is 1. The summed E-state index contributed by atoms with van der Waals surface area (Å²) in [4.78, 5) is 13.2. The Labute approximate surface area is 153 Å². The predicted molar refractivity (Wildman–Crippen MR) is 98.0 cm³/mol. The highest BCUT2D eigenvalue weighted by Crippen LogP contribution is 2.36. The Morgan fingerprint density at radius 2 is 2.04 bits per heavy atom. The summed E-state index contributed by atoms with van der Waals surface area (Å²) < 4.78 is 13.0. The minimum atomic E-state index is -0.545. The second kappa shape index (κ2) is 7.60. The molecule has 138 valence electrons. The summed E-state index contributed by atoms with van der Waals surface area (Å²) >= 11 is 0. The van der Waals surface area contributed by atoms with Gasteiger partial charge in [-0.25, -0.2) is 0 Å². The molecule has 0 saturated carbocycles. The van der Waals surface area contributed by atoms with E-state index in [2.05, 4.69) is 10.4 Å². The molecule has 1 amide bonds. The van der Waals surface area contributed by atoms with Crippen LogP contribution in [0.1, 0.15) is 31.2 Å². The fourth-order valence-corrected chi connectivity index (χ4v) is 3.90. The van der Waals surface area contributed by atoms with Crippen LogP contribution in [0.25, 0.3) is 0 Å². The van der Waals surface area contributed by atoms with Crippen molar-refractivity contribution in [3.05, 3.63) is 48.3 Å². The molecule has 1 N–H and O–H groups in total. The van der Waals surface area contributed by atoms with Crippen LogP contribution in [-0.4, -0.2) is 41.6 Å². The average Bonchev–Trinajstić information content (AvgIpc) is 3.35. The van der Waals surface area contributed by atoms with Crippen LogP contribution in [-0.2, 0) is 26.2 Å². The van der Waals surface area contributed by atoms with Gasteiger partial charge in [0.05, 0.1) is 29.9 Å². The van der Waals surface area contributed by atoms with E-state index in [0.29, 0.717) is 26.1 Å². The van der Waals surface area contributed by atoms with Gasteiger partial charge in [-0.3, -0.25) is 9.48 Å². The van der Waals surface area contributed by atoms with Crippen LogP contribution in [0.3, 0.4) is 0 Å². The van der Waals surface area contributed by atoms with Crippen LogP contribution in [0.4, 0.5) is 5.69 Å². The molecule has 1 unspecified atom stereocenters. The van der Waals surface area contributed by atoms with Crippen LogP contribution in [0.5, 0.6) is 0 Å². The first-order chi connectivity index (χ1) is 12.8. The van der Waals surface area contributed by atoms with Crippen molar-refractivity contribution in [3.63, 3.8) is 0 Å². The molecular weight excluding hydrogens is 330 g/mol. The van der Waals surface area contributed by atoms with Crippen molar-refractivity contribution in [3.8, 4) is 0 Å². The Balaban J connectivity index is 1.49. The molecule has 2 fully saturated rings. The summed E-state index contributed by atoms with van der Waals surface area (Å²) in [5, 5.41) is 7.45. The molecule has 2 aliphatic rings. The zero-order valence-electron chi connectivity index (χ0n) is 14.9. The zero-order valence-corrected chi connectivity index (χ0v) is 14.9. The van der Waals surface area contributed by atoms with Gasteiger partial charge in [0.25, 0.3) is 0 Å². The Morgan fingerprint density at radius 3 is 2.77 bits per heavy atom. The first-order valence-corrected chi connectivity index (χ1v) is 9.35. The van der Waals surface area contributed by atoms with Crippen molar-refractivity contribution in [1.82, 2.24) is 9.78 Å². The van der Waals surface area contributed by atoms with Gasteiger partial charge >= 0.3 is 0 Å². The zero-order chi connectivity index (χ0) is 17.8. The van der Waals surface area contributed by atoms with Gasteiger partial charge in [-0.05, 0) is 31.2 Å². The molecule has 0 aliphatic carbocycles. The van der Waals surface area contributed by atoms with E-state index in [-0.39, 0.29) is 12.0 Å². The van der Waals surface area contributed by atoms with Gasteiger partial charge in [0.15, 0.2) is 0 Å². The molecule has 0 radical (unpaired) electrons. The highest BCUT2D eigenvalue weighted by molar-refractivity contribution is 5.99. The van der Waals surface area contributed by atoms with Crippen LogP contribution in [0.15, 0.2) is 42.7 Å². The topological polar surface area (TPSA) is 65.4 Å². The van der Waals surface area contributed by atoms with Crippen LogP contribution < -0.4 is 5.32 Å². The summed E-state index contributed by atoms with van der Waals surface area (Å²) in [5.74, 6) is 0.0173. The second-order valence-corrected chi connectivity index (χ2v) is 7.10. The molecule has 1 aromatic heterocycles. The van der Waals surface area contributed by atoms with E-state index in [1.165, 1.54) is 0 Å². The van der Waals surface area contributed by atoms with Crippen molar-refractivity contribution in [2.45, 2.75) is 43.7 Å². The third-order valence-electron chi connectivity index (χ3n) is 5.41. The van der Waals surface area contributed by atoms with Gasteiger partial charge in [0.2, 0.25) is 5.91 Å². The number of carbonyl (C=O) groups excluding carboxylic acids is 1. The van der Waals surface area contributed by atoms with Crippen molar-refractivity contribution >= 4 is 11.6 Å². The molecule has 26 heavy (non-hydrogen) atoms. The van der Waals surface area contributed by atoms with Gasteiger partial charge in [-0.15, -0.1) is 0 Å². The smallest absolute Gasteiger partial charge is 0.235 e. The van der Waals surface area contributed by atoms with Crippen molar-refractivity contribution in [2.75, 3.05) is 25.1 Å². The third-order valence-corrected chi connectivity index (χ3v) is 5.41. The van der Waals surface area contributed by atoms with Gasteiger partial charge in [-0.2, -0.15) is 5.10 Å². The fourth-order valence-electron chi connectivity index (χ4n) is 3.90. The Kier molecular flexibility index (Phi) is 5.04. The second-order valence-electron chi connectivity index (χ2n) is 7.10. The molecular formula is C20H25N3O3. The molecule has 2 aliphatic heterocycles. The fraction of sp³-hybridized carbons (Fsp3) is 0.500. The number of hydrogen-bond acceptors (Lipinski definition) is 4. The maximum absolute atomic E-state index is 13.2. The maximum Gasteiger partial charge on any atom is 0.235 e. The Hall–Kier alpha value is -2.18. The highest BCUT2D eigenvalue weighted by atomic mass is 16.5. The molecule has 6 nitrogen and oxygen atoms in total. The van der Waals surface area contributed by atoms with E-state index >= 15 is 0 Å². The summed E-state index contributed by atoms with van der Waals surface area (Å²) in [6.07, 6.45) is 7.38. The summed E-state index contributed by atoms with van der Waals surface area (Å²) in [6.45, 7) is 2.76. The number of nitrogens with zero attached hydrogens (tertiary/aromatic N) is 2. The number of nitrogens with one attached hydrogen (secondary N) is 1.